The van der Waals surface area contributed by atoms with Gasteiger partial charge in [-0.05, 0) is 43.6 Å². The third-order valence-corrected chi connectivity index (χ3v) is 3.51. The molecule has 1 heterocycles. The lowest BCUT2D eigenvalue weighted by molar-refractivity contribution is 0.309. The van der Waals surface area contributed by atoms with Gasteiger partial charge in [-0.25, -0.2) is 0 Å². The average Bonchev–Trinajstić information content (AvgIpc) is 2.86. The van der Waals surface area contributed by atoms with Crippen LogP contribution in [0.4, 0.5) is 0 Å². The minimum absolute atomic E-state index is 0.607. The molecule has 96 valence electrons. The number of nitrogens with two attached hydrogens (primary N) is 1. The Hall–Kier alpha value is -1.57. The van der Waals surface area contributed by atoms with Crippen LogP contribution < -0.4 is 10.5 Å². The summed E-state index contributed by atoms with van der Waals surface area (Å²) in [5, 5.41) is 8.95. The SMILES string of the molecule is COc1ccc(C#N)cc1CN1CCC(CN)C1. The number of nitriles is 1. The van der Waals surface area contributed by atoms with Crippen molar-refractivity contribution >= 4 is 0 Å². The highest BCUT2D eigenvalue weighted by Gasteiger charge is 2.22. The molecule has 1 aromatic rings. The monoisotopic (exact) mass is 245 g/mol. The molecule has 0 aromatic heterocycles. The van der Waals surface area contributed by atoms with Crippen LogP contribution in [0.15, 0.2) is 18.2 Å². The Bertz CT molecular complexity index is 453. The van der Waals surface area contributed by atoms with E-state index in [0.717, 1.165) is 43.9 Å². The van der Waals surface area contributed by atoms with Crippen molar-refractivity contribution in [2.75, 3.05) is 26.7 Å². The maximum absolute atomic E-state index is 8.95. The summed E-state index contributed by atoms with van der Waals surface area (Å²) in [7, 11) is 1.66. The highest BCUT2D eigenvalue weighted by atomic mass is 16.5. The van der Waals surface area contributed by atoms with E-state index in [-0.39, 0.29) is 0 Å². The predicted octanol–water partition coefficient (Wildman–Crippen LogP) is 1.35. The maximum atomic E-state index is 8.95. The molecule has 0 aliphatic carbocycles. The summed E-state index contributed by atoms with van der Waals surface area (Å²) in [6.45, 7) is 3.69. The highest BCUT2D eigenvalue weighted by molar-refractivity contribution is 5.42. The highest BCUT2D eigenvalue weighted by Crippen LogP contribution is 2.24. The number of likely N-dealkylation sites (tertiary alicyclic amines) is 1. The Balaban J connectivity index is 2.11. The fourth-order valence-corrected chi connectivity index (χ4v) is 2.46. The van der Waals surface area contributed by atoms with Crippen molar-refractivity contribution in [2.24, 2.45) is 11.7 Å². The van der Waals surface area contributed by atoms with Gasteiger partial charge in [-0.1, -0.05) is 0 Å². The van der Waals surface area contributed by atoms with Gasteiger partial charge in [0.2, 0.25) is 0 Å². The van der Waals surface area contributed by atoms with Gasteiger partial charge in [0.15, 0.2) is 0 Å². The van der Waals surface area contributed by atoms with Gasteiger partial charge in [-0.15, -0.1) is 0 Å². The van der Waals surface area contributed by atoms with Crippen molar-refractivity contribution in [3.05, 3.63) is 29.3 Å². The van der Waals surface area contributed by atoms with E-state index in [9.17, 15) is 0 Å². The molecule has 0 spiro atoms. The van der Waals surface area contributed by atoms with E-state index in [1.54, 1.807) is 13.2 Å². The van der Waals surface area contributed by atoms with Gasteiger partial charge in [0.25, 0.3) is 0 Å². The molecule has 2 N–H and O–H groups in total. The topological polar surface area (TPSA) is 62.3 Å². The van der Waals surface area contributed by atoms with Crippen LogP contribution >= 0.6 is 0 Å². The number of benzene rings is 1. The molecule has 1 aromatic carbocycles. The second-order valence-electron chi connectivity index (χ2n) is 4.76. The third kappa shape index (κ3) is 2.81. The molecule has 1 aliphatic heterocycles. The second-order valence-corrected chi connectivity index (χ2v) is 4.76. The zero-order chi connectivity index (χ0) is 13.0. The summed E-state index contributed by atoms with van der Waals surface area (Å²) in [4.78, 5) is 2.37. The minimum atomic E-state index is 0.607. The van der Waals surface area contributed by atoms with Crippen LogP contribution in [0.25, 0.3) is 0 Å². The maximum Gasteiger partial charge on any atom is 0.123 e. The molecule has 4 nitrogen and oxygen atoms in total. The summed E-state index contributed by atoms with van der Waals surface area (Å²) in [5.41, 5.74) is 7.46. The van der Waals surface area contributed by atoms with E-state index >= 15 is 0 Å². The van der Waals surface area contributed by atoms with Gasteiger partial charge in [0.05, 0.1) is 18.7 Å². The smallest absolute Gasteiger partial charge is 0.123 e. The van der Waals surface area contributed by atoms with Crippen molar-refractivity contribution in [2.45, 2.75) is 13.0 Å². The average molecular weight is 245 g/mol. The molecular formula is C14H19N3O. The molecule has 1 unspecified atom stereocenters. The lowest BCUT2D eigenvalue weighted by Crippen LogP contribution is -2.23. The standard InChI is InChI=1S/C14H19N3O/c1-18-14-3-2-11(7-15)6-13(14)10-17-5-4-12(8-16)9-17/h2-3,6,12H,4-5,8-10,16H2,1H3. The molecule has 0 saturated carbocycles. The van der Waals surface area contributed by atoms with E-state index < -0.39 is 0 Å². The van der Waals surface area contributed by atoms with Crippen LogP contribution in [0.3, 0.4) is 0 Å². The van der Waals surface area contributed by atoms with Crippen molar-refractivity contribution in [1.29, 1.82) is 5.26 Å². The first-order chi connectivity index (χ1) is 8.76. The number of hydrogen-bond acceptors (Lipinski definition) is 4. The van der Waals surface area contributed by atoms with Gasteiger partial charge in [-0.3, -0.25) is 4.90 Å². The molecular weight excluding hydrogens is 226 g/mol. The van der Waals surface area contributed by atoms with E-state index in [2.05, 4.69) is 11.0 Å². The first-order valence-electron chi connectivity index (χ1n) is 6.26. The van der Waals surface area contributed by atoms with Gasteiger partial charge in [0, 0.05) is 18.7 Å². The van der Waals surface area contributed by atoms with Crippen LogP contribution in [0.5, 0.6) is 5.75 Å². The summed E-state index contributed by atoms with van der Waals surface area (Å²) >= 11 is 0. The van der Waals surface area contributed by atoms with Crippen molar-refractivity contribution in [1.82, 2.24) is 4.90 Å². The molecule has 1 saturated heterocycles. The van der Waals surface area contributed by atoms with E-state index in [0.29, 0.717) is 11.5 Å². The van der Waals surface area contributed by atoms with Crippen LogP contribution in [-0.2, 0) is 6.54 Å². The number of nitrogens with zero attached hydrogens (tertiary/aromatic N) is 2. The lowest BCUT2D eigenvalue weighted by atomic mass is 10.1. The Morgan fingerprint density at radius 2 is 2.39 bits per heavy atom. The van der Waals surface area contributed by atoms with Gasteiger partial charge >= 0.3 is 0 Å². The number of rotatable bonds is 4. The van der Waals surface area contributed by atoms with E-state index in [1.807, 2.05) is 12.1 Å². The fourth-order valence-electron chi connectivity index (χ4n) is 2.46. The zero-order valence-electron chi connectivity index (χ0n) is 10.7. The van der Waals surface area contributed by atoms with Crippen LogP contribution in [0, 0.1) is 17.2 Å². The molecule has 1 aliphatic rings. The fraction of sp³-hybridized carbons (Fsp3) is 0.500. The normalized spacial score (nSPS) is 19.7. The van der Waals surface area contributed by atoms with Gasteiger partial charge in [-0.2, -0.15) is 5.26 Å². The largest absolute Gasteiger partial charge is 0.496 e. The lowest BCUT2D eigenvalue weighted by Gasteiger charge is -2.17. The van der Waals surface area contributed by atoms with Crippen molar-refractivity contribution in [3.63, 3.8) is 0 Å². The Labute approximate surface area is 108 Å². The first-order valence-corrected chi connectivity index (χ1v) is 6.26. The van der Waals surface area contributed by atoms with E-state index in [1.165, 1.54) is 0 Å². The number of hydrogen-bond donors (Lipinski definition) is 1. The molecule has 1 fully saturated rings. The van der Waals surface area contributed by atoms with Crippen LogP contribution in [-0.4, -0.2) is 31.6 Å². The zero-order valence-corrected chi connectivity index (χ0v) is 10.7. The summed E-state index contributed by atoms with van der Waals surface area (Å²) in [6.07, 6.45) is 1.16. The van der Waals surface area contributed by atoms with E-state index in [4.69, 9.17) is 15.7 Å². The molecule has 0 amide bonds. The molecule has 18 heavy (non-hydrogen) atoms. The Morgan fingerprint density at radius 3 is 3.00 bits per heavy atom. The quantitative estimate of drug-likeness (QED) is 0.869. The van der Waals surface area contributed by atoms with Crippen LogP contribution in [0.1, 0.15) is 17.5 Å². The molecule has 1 atom stereocenters. The molecule has 4 heteroatoms. The third-order valence-electron chi connectivity index (χ3n) is 3.51. The first kappa shape index (κ1) is 12.9. The van der Waals surface area contributed by atoms with Gasteiger partial charge in [0.1, 0.15) is 5.75 Å². The summed E-state index contributed by atoms with van der Waals surface area (Å²) < 4.78 is 5.35. The summed E-state index contributed by atoms with van der Waals surface area (Å²) in [6, 6.07) is 7.73. The molecule has 0 bridgehead atoms. The predicted molar refractivity (Wildman–Crippen MR) is 70.1 cm³/mol. The van der Waals surface area contributed by atoms with Crippen molar-refractivity contribution < 1.29 is 4.74 Å². The Morgan fingerprint density at radius 1 is 1.56 bits per heavy atom. The minimum Gasteiger partial charge on any atom is -0.496 e. The second kappa shape index (κ2) is 5.85. The van der Waals surface area contributed by atoms with Crippen LogP contribution in [0.2, 0.25) is 0 Å². The number of methoxy groups -OCH3 is 1. The van der Waals surface area contributed by atoms with Gasteiger partial charge < -0.3 is 10.5 Å². The summed E-state index contributed by atoms with van der Waals surface area (Å²) in [5.74, 6) is 1.46. The molecule has 2 rings (SSSR count). The Kier molecular flexibility index (Phi) is 4.19. The number of ether oxygens (including phenoxy) is 1. The van der Waals surface area contributed by atoms with Crippen molar-refractivity contribution in [3.8, 4) is 11.8 Å². The molecule has 0 radical (unpaired) electrons.